The summed E-state index contributed by atoms with van der Waals surface area (Å²) in [6.45, 7) is 6.17. The Balaban J connectivity index is 1.30. The second kappa shape index (κ2) is 10.7. The van der Waals surface area contributed by atoms with Crippen LogP contribution in [0.15, 0.2) is 89.9 Å². The molecule has 0 aliphatic heterocycles. The standard InChI is InChI=1S/C29H31N7O/c1-20(22-15-16-22)30-18-35(3)25-12-7-11-24(17-25)29(37)33-27-14-8-13-26(32-27)28-34-31-19-36(28)21(2)23-9-5-4-6-10-23/h4-5,7-9,11-14,17-19,21-22H,1,6,10,15-16H2,2-3H3,(H,32,33,37). The van der Waals surface area contributed by atoms with Crippen LogP contribution in [-0.2, 0) is 0 Å². The molecule has 2 aliphatic rings. The van der Waals surface area contributed by atoms with Gasteiger partial charge in [-0.15, -0.1) is 10.2 Å². The summed E-state index contributed by atoms with van der Waals surface area (Å²) in [5.74, 6) is 1.39. The second-order valence-corrected chi connectivity index (χ2v) is 9.48. The zero-order chi connectivity index (χ0) is 25.8. The normalized spacial score (nSPS) is 15.9. The van der Waals surface area contributed by atoms with Crippen LogP contribution in [0.4, 0.5) is 11.5 Å². The predicted molar refractivity (Wildman–Crippen MR) is 148 cm³/mol. The van der Waals surface area contributed by atoms with Crippen LogP contribution in [0.5, 0.6) is 0 Å². The average Bonchev–Trinajstić information content (AvgIpc) is 3.68. The topological polar surface area (TPSA) is 88.3 Å². The van der Waals surface area contributed by atoms with E-state index in [1.54, 1.807) is 24.8 Å². The van der Waals surface area contributed by atoms with Gasteiger partial charge in [-0.05, 0) is 68.5 Å². The lowest BCUT2D eigenvalue weighted by molar-refractivity contribution is 0.102. The van der Waals surface area contributed by atoms with Gasteiger partial charge in [-0.2, -0.15) is 0 Å². The van der Waals surface area contributed by atoms with Gasteiger partial charge in [0.25, 0.3) is 5.91 Å². The number of rotatable bonds is 9. The summed E-state index contributed by atoms with van der Waals surface area (Å²) in [5.41, 5.74) is 4.26. The first-order chi connectivity index (χ1) is 18.0. The highest BCUT2D eigenvalue weighted by molar-refractivity contribution is 6.04. The van der Waals surface area contributed by atoms with E-state index in [-0.39, 0.29) is 11.9 Å². The lowest BCUT2D eigenvalue weighted by Gasteiger charge is -2.20. The number of aromatic nitrogens is 4. The van der Waals surface area contributed by atoms with E-state index in [0.717, 1.165) is 37.1 Å². The average molecular weight is 494 g/mol. The van der Waals surface area contributed by atoms with Gasteiger partial charge in [-0.1, -0.05) is 36.9 Å². The van der Waals surface area contributed by atoms with E-state index in [1.807, 2.05) is 46.8 Å². The Morgan fingerprint density at radius 3 is 2.89 bits per heavy atom. The Morgan fingerprint density at radius 1 is 1.27 bits per heavy atom. The van der Waals surface area contributed by atoms with Crippen molar-refractivity contribution in [2.75, 3.05) is 17.3 Å². The van der Waals surface area contributed by atoms with Crippen LogP contribution in [-0.4, -0.2) is 39.0 Å². The maximum Gasteiger partial charge on any atom is 0.256 e. The van der Waals surface area contributed by atoms with E-state index < -0.39 is 0 Å². The van der Waals surface area contributed by atoms with E-state index >= 15 is 0 Å². The van der Waals surface area contributed by atoms with Crippen molar-refractivity contribution < 1.29 is 4.79 Å². The van der Waals surface area contributed by atoms with Crippen molar-refractivity contribution in [3.8, 4) is 11.5 Å². The number of benzene rings is 1. The third-order valence-corrected chi connectivity index (χ3v) is 6.75. The minimum absolute atomic E-state index is 0.111. The Morgan fingerprint density at radius 2 is 2.11 bits per heavy atom. The first-order valence-electron chi connectivity index (χ1n) is 12.6. The van der Waals surface area contributed by atoms with Crippen molar-refractivity contribution in [3.63, 3.8) is 0 Å². The van der Waals surface area contributed by atoms with Gasteiger partial charge in [0.1, 0.15) is 17.8 Å². The third-order valence-electron chi connectivity index (χ3n) is 6.75. The summed E-state index contributed by atoms with van der Waals surface area (Å²) in [6, 6.07) is 13.0. The number of hydrogen-bond acceptors (Lipinski definition) is 5. The summed E-state index contributed by atoms with van der Waals surface area (Å²) in [6.07, 6.45) is 14.3. The highest BCUT2D eigenvalue weighted by atomic mass is 16.1. The van der Waals surface area contributed by atoms with E-state index in [0.29, 0.717) is 28.8 Å². The molecular formula is C29H31N7O. The molecule has 8 heteroatoms. The molecule has 188 valence electrons. The number of carbonyl (C=O) groups excluding carboxylic acids is 1. The number of hydrogen-bond donors (Lipinski definition) is 1. The molecule has 1 fully saturated rings. The Labute approximate surface area is 217 Å². The summed E-state index contributed by atoms with van der Waals surface area (Å²) < 4.78 is 2.03. The molecule has 1 N–H and O–H groups in total. The molecule has 0 spiro atoms. The van der Waals surface area contributed by atoms with E-state index in [1.165, 1.54) is 5.57 Å². The van der Waals surface area contributed by atoms with E-state index in [2.05, 4.69) is 57.2 Å². The summed E-state index contributed by atoms with van der Waals surface area (Å²) in [4.78, 5) is 24.1. The van der Waals surface area contributed by atoms with Crippen molar-refractivity contribution in [3.05, 3.63) is 90.4 Å². The fourth-order valence-electron chi connectivity index (χ4n) is 4.29. The molecule has 0 radical (unpaired) electrons. The lowest BCUT2D eigenvalue weighted by Crippen LogP contribution is -2.17. The second-order valence-electron chi connectivity index (χ2n) is 9.48. The first-order valence-corrected chi connectivity index (χ1v) is 12.6. The van der Waals surface area contributed by atoms with Crippen molar-refractivity contribution in [1.82, 2.24) is 19.7 Å². The van der Waals surface area contributed by atoms with Gasteiger partial charge in [0.05, 0.1) is 12.4 Å². The Hall–Kier alpha value is -4.33. The molecule has 5 rings (SSSR count). The molecule has 37 heavy (non-hydrogen) atoms. The van der Waals surface area contributed by atoms with E-state index in [9.17, 15) is 4.79 Å². The molecule has 2 heterocycles. The van der Waals surface area contributed by atoms with Crippen LogP contribution in [0.3, 0.4) is 0 Å². The SMILES string of the molecule is C=C(N=CN(C)c1cccc(C(=O)Nc2cccc(-c3nncn3C(C)C3=CC=CCC3)n2)c1)C1CC1. The molecule has 0 saturated heterocycles. The summed E-state index contributed by atoms with van der Waals surface area (Å²) >= 11 is 0. The minimum Gasteiger partial charge on any atom is -0.336 e. The fraction of sp³-hybridized carbons (Fsp3) is 0.276. The van der Waals surface area contributed by atoms with Gasteiger partial charge < -0.3 is 14.8 Å². The molecule has 8 nitrogen and oxygen atoms in total. The van der Waals surface area contributed by atoms with Gasteiger partial charge in [0.15, 0.2) is 5.82 Å². The van der Waals surface area contributed by atoms with Crippen molar-refractivity contribution in [2.45, 2.75) is 38.6 Å². The Kier molecular flexibility index (Phi) is 7.07. The molecule has 2 aromatic heterocycles. The molecule has 2 aliphatic carbocycles. The number of carbonyl (C=O) groups is 1. The minimum atomic E-state index is -0.242. The largest absolute Gasteiger partial charge is 0.336 e. The van der Waals surface area contributed by atoms with E-state index in [4.69, 9.17) is 0 Å². The van der Waals surface area contributed by atoms with Gasteiger partial charge in [0.2, 0.25) is 0 Å². The zero-order valence-electron chi connectivity index (χ0n) is 21.2. The zero-order valence-corrected chi connectivity index (χ0v) is 21.2. The smallest absolute Gasteiger partial charge is 0.256 e. The monoisotopic (exact) mass is 493 g/mol. The summed E-state index contributed by atoms with van der Waals surface area (Å²) in [7, 11) is 1.91. The lowest BCUT2D eigenvalue weighted by atomic mass is 9.99. The fourth-order valence-corrected chi connectivity index (χ4v) is 4.29. The van der Waals surface area contributed by atoms with Crippen LogP contribution in [0.25, 0.3) is 11.5 Å². The number of pyridine rings is 1. The Bertz CT molecular complexity index is 1400. The van der Waals surface area contributed by atoms with Crippen LogP contribution in [0.2, 0.25) is 0 Å². The number of nitrogens with zero attached hydrogens (tertiary/aromatic N) is 6. The van der Waals surface area contributed by atoms with Gasteiger partial charge in [-0.25, -0.2) is 9.98 Å². The number of amides is 1. The molecule has 3 aromatic rings. The number of anilines is 2. The maximum atomic E-state index is 13.1. The molecule has 1 atom stereocenters. The highest BCUT2D eigenvalue weighted by Gasteiger charge is 2.24. The quantitative estimate of drug-likeness (QED) is 0.300. The molecule has 1 amide bonds. The first kappa shape index (κ1) is 24.4. The van der Waals surface area contributed by atoms with Crippen molar-refractivity contribution in [2.24, 2.45) is 10.9 Å². The molecule has 1 aromatic carbocycles. The van der Waals surface area contributed by atoms with Crippen LogP contribution in [0.1, 0.15) is 49.0 Å². The summed E-state index contributed by atoms with van der Waals surface area (Å²) in [5, 5.41) is 11.4. The highest BCUT2D eigenvalue weighted by Crippen LogP contribution is 2.36. The predicted octanol–water partition coefficient (Wildman–Crippen LogP) is 5.82. The molecular weight excluding hydrogens is 462 g/mol. The third kappa shape index (κ3) is 5.74. The number of nitrogens with one attached hydrogen (secondary N) is 1. The maximum absolute atomic E-state index is 13.1. The number of allylic oxidation sites excluding steroid dienone is 5. The van der Waals surface area contributed by atoms with Crippen molar-refractivity contribution in [1.29, 1.82) is 0 Å². The molecule has 1 unspecified atom stereocenters. The van der Waals surface area contributed by atoms with Crippen molar-refractivity contribution >= 4 is 23.8 Å². The van der Waals surface area contributed by atoms with Crippen LogP contribution >= 0.6 is 0 Å². The van der Waals surface area contributed by atoms with Crippen LogP contribution in [0, 0.1) is 5.92 Å². The number of aliphatic imine (C=N–C) groups is 1. The molecule has 0 bridgehead atoms. The van der Waals surface area contributed by atoms with Gasteiger partial charge in [0, 0.05) is 29.9 Å². The molecule has 1 saturated carbocycles. The van der Waals surface area contributed by atoms with Crippen LogP contribution < -0.4 is 10.2 Å². The van der Waals surface area contributed by atoms with Gasteiger partial charge >= 0.3 is 0 Å². The van der Waals surface area contributed by atoms with Gasteiger partial charge in [-0.3, -0.25) is 4.79 Å².